The number of amides is 1. The quantitative estimate of drug-likeness (QED) is 0.282. The highest BCUT2D eigenvalue weighted by molar-refractivity contribution is 5.97. The molecule has 10 heteroatoms. The number of benzene rings is 1. The molecule has 0 saturated heterocycles. The predicted octanol–water partition coefficient (Wildman–Crippen LogP) is 5.50. The van der Waals surface area contributed by atoms with Crippen LogP contribution in [-0.4, -0.2) is 41.0 Å². The number of aromatic amines is 2. The van der Waals surface area contributed by atoms with Gasteiger partial charge in [-0.3, -0.25) is 24.8 Å². The maximum absolute atomic E-state index is 13.9. The van der Waals surface area contributed by atoms with Crippen LogP contribution < -0.4 is 5.32 Å². The summed E-state index contributed by atoms with van der Waals surface area (Å²) in [6, 6.07) is 10.1. The Balaban J connectivity index is 1.40. The smallest absolute Gasteiger partial charge is 0.224 e. The van der Waals surface area contributed by atoms with E-state index in [9.17, 15) is 9.18 Å². The Bertz CT molecular complexity index is 1770. The lowest BCUT2D eigenvalue weighted by atomic mass is 10.1. The monoisotopic (exact) mass is 492 g/mol. The molecule has 37 heavy (non-hydrogen) atoms. The van der Waals surface area contributed by atoms with Crippen molar-refractivity contribution >= 4 is 33.5 Å². The second kappa shape index (κ2) is 9.23. The van der Waals surface area contributed by atoms with Gasteiger partial charge in [0.05, 0.1) is 46.5 Å². The van der Waals surface area contributed by atoms with Crippen molar-refractivity contribution in [1.29, 1.82) is 0 Å². The summed E-state index contributed by atoms with van der Waals surface area (Å²) in [5.74, 6) is 0.161. The van der Waals surface area contributed by atoms with Gasteiger partial charge in [-0.2, -0.15) is 5.10 Å². The van der Waals surface area contributed by atoms with Crippen molar-refractivity contribution in [2.24, 2.45) is 0 Å². The van der Waals surface area contributed by atoms with E-state index in [0.717, 1.165) is 28.5 Å². The highest BCUT2D eigenvalue weighted by atomic mass is 19.1. The van der Waals surface area contributed by atoms with Crippen LogP contribution in [0.15, 0.2) is 67.4 Å². The number of anilines is 1. The van der Waals surface area contributed by atoms with Gasteiger partial charge in [-0.1, -0.05) is 19.1 Å². The van der Waals surface area contributed by atoms with Gasteiger partial charge in [-0.25, -0.2) is 9.37 Å². The first-order valence-electron chi connectivity index (χ1n) is 11.8. The number of carbonyl (C=O) groups excluding carboxylic acids is 1. The number of imidazole rings is 1. The zero-order valence-electron chi connectivity index (χ0n) is 19.8. The molecule has 9 nitrogen and oxygen atoms in total. The predicted molar refractivity (Wildman–Crippen MR) is 139 cm³/mol. The van der Waals surface area contributed by atoms with Crippen LogP contribution in [0.3, 0.4) is 0 Å². The molecule has 0 aliphatic rings. The molecule has 1 amide bonds. The van der Waals surface area contributed by atoms with Gasteiger partial charge in [0.2, 0.25) is 5.91 Å². The van der Waals surface area contributed by atoms with Crippen molar-refractivity contribution < 1.29 is 9.18 Å². The summed E-state index contributed by atoms with van der Waals surface area (Å²) in [5.41, 5.74) is 6.17. The fourth-order valence-corrected chi connectivity index (χ4v) is 4.27. The average Bonchev–Trinajstić information content (AvgIpc) is 3.52. The number of hydrogen-bond acceptors (Lipinski definition) is 6. The molecule has 0 unspecified atom stereocenters. The van der Waals surface area contributed by atoms with E-state index in [1.54, 1.807) is 37.1 Å². The molecule has 0 radical (unpaired) electrons. The minimum absolute atomic E-state index is 0.0565. The summed E-state index contributed by atoms with van der Waals surface area (Å²) in [4.78, 5) is 33.2. The molecule has 5 aromatic heterocycles. The van der Waals surface area contributed by atoms with E-state index in [2.05, 4.69) is 35.5 Å². The molecule has 0 atom stereocenters. The maximum Gasteiger partial charge on any atom is 0.224 e. The van der Waals surface area contributed by atoms with Gasteiger partial charge < -0.3 is 10.3 Å². The molecule has 0 bridgehead atoms. The third-order valence-corrected chi connectivity index (χ3v) is 6.00. The highest BCUT2D eigenvalue weighted by Crippen LogP contribution is 2.32. The number of nitrogens with zero attached hydrogens (tertiary/aromatic N) is 5. The Labute approximate surface area is 210 Å². The van der Waals surface area contributed by atoms with Crippen LogP contribution in [0.5, 0.6) is 0 Å². The molecule has 0 spiro atoms. The van der Waals surface area contributed by atoms with E-state index >= 15 is 0 Å². The van der Waals surface area contributed by atoms with Crippen LogP contribution >= 0.6 is 0 Å². The van der Waals surface area contributed by atoms with Gasteiger partial charge in [0.1, 0.15) is 11.5 Å². The summed E-state index contributed by atoms with van der Waals surface area (Å²) in [7, 11) is 0. The molecule has 0 saturated carbocycles. The molecule has 3 N–H and O–H groups in total. The van der Waals surface area contributed by atoms with E-state index in [4.69, 9.17) is 4.98 Å². The molecular formula is C27H21FN8O. The third kappa shape index (κ3) is 4.29. The van der Waals surface area contributed by atoms with Gasteiger partial charge in [-0.05, 0) is 36.2 Å². The molecule has 1 aromatic carbocycles. The number of aromatic nitrogens is 7. The SMILES string of the molecule is CCCC(=O)Nc1cncc(-c2cc3c(-c4nc5c(-c6cccc(F)c6)cncc5[nH]4)n[nH]c3cn2)c1. The van der Waals surface area contributed by atoms with Crippen LogP contribution in [0.4, 0.5) is 10.1 Å². The van der Waals surface area contributed by atoms with Crippen LogP contribution in [0.1, 0.15) is 19.8 Å². The fraction of sp³-hybridized carbons (Fsp3) is 0.111. The van der Waals surface area contributed by atoms with Gasteiger partial charge in [0.25, 0.3) is 0 Å². The number of fused-ring (bicyclic) bond motifs is 2. The lowest BCUT2D eigenvalue weighted by Crippen LogP contribution is -2.10. The van der Waals surface area contributed by atoms with E-state index < -0.39 is 0 Å². The lowest BCUT2D eigenvalue weighted by molar-refractivity contribution is -0.116. The normalized spacial score (nSPS) is 11.3. The molecule has 0 aliphatic carbocycles. The fourth-order valence-electron chi connectivity index (χ4n) is 4.27. The number of pyridine rings is 3. The Morgan fingerprint density at radius 2 is 1.89 bits per heavy atom. The summed E-state index contributed by atoms with van der Waals surface area (Å²) in [6.07, 6.45) is 9.57. The topological polar surface area (TPSA) is 125 Å². The molecule has 5 heterocycles. The average molecular weight is 493 g/mol. The summed E-state index contributed by atoms with van der Waals surface area (Å²) in [5, 5.41) is 11.2. The maximum atomic E-state index is 13.9. The van der Waals surface area contributed by atoms with Crippen LogP contribution in [0, 0.1) is 5.82 Å². The van der Waals surface area contributed by atoms with Crippen LogP contribution in [-0.2, 0) is 4.79 Å². The zero-order valence-corrected chi connectivity index (χ0v) is 19.8. The summed E-state index contributed by atoms with van der Waals surface area (Å²) >= 11 is 0. The van der Waals surface area contributed by atoms with Crippen molar-refractivity contribution in [3.63, 3.8) is 0 Å². The number of nitrogens with one attached hydrogen (secondary N) is 3. The Kier molecular flexibility index (Phi) is 5.61. The Morgan fingerprint density at radius 1 is 1.00 bits per heavy atom. The van der Waals surface area contributed by atoms with Gasteiger partial charge >= 0.3 is 0 Å². The van der Waals surface area contributed by atoms with Crippen LogP contribution in [0.25, 0.3) is 55.8 Å². The summed E-state index contributed by atoms with van der Waals surface area (Å²) < 4.78 is 13.9. The van der Waals surface area contributed by atoms with E-state index in [1.165, 1.54) is 12.1 Å². The molecule has 0 aliphatic heterocycles. The standard InChI is InChI=1S/C27H21FN8O/c1-2-4-24(37)32-18-8-16(10-29-11-18)21-9-19-22(14-31-21)35-36-26(19)27-33-23-13-30-12-20(25(23)34-27)15-5-3-6-17(28)7-15/h3,5-14H,2,4H2,1H3,(H,32,37)(H,33,34)(H,35,36). The van der Waals surface area contributed by atoms with Crippen LogP contribution in [0.2, 0.25) is 0 Å². The van der Waals surface area contributed by atoms with Crippen molar-refractivity contribution in [2.45, 2.75) is 19.8 Å². The third-order valence-electron chi connectivity index (χ3n) is 6.00. The Morgan fingerprint density at radius 3 is 2.76 bits per heavy atom. The molecule has 182 valence electrons. The number of rotatable bonds is 6. The Hall–Kier alpha value is -4.99. The molecule has 6 rings (SSSR count). The van der Waals surface area contributed by atoms with Crippen molar-refractivity contribution in [3.8, 4) is 33.9 Å². The van der Waals surface area contributed by atoms with Crippen molar-refractivity contribution in [2.75, 3.05) is 5.32 Å². The first kappa shape index (κ1) is 22.5. The zero-order chi connectivity index (χ0) is 25.4. The number of carbonyl (C=O) groups is 1. The largest absolute Gasteiger partial charge is 0.335 e. The minimum atomic E-state index is -0.327. The second-order valence-corrected chi connectivity index (χ2v) is 8.63. The molecular weight excluding hydrogens is 471 g/mol. The molecule has 0 fully saturated rings. The minimum Gasteiger partial charge on any atom is -0.335 e. The first-order valence-corrected chi connectivity index (χ1v) is 11.8. The summed E-state index contributed by atoms with van der Waals surface area (Å²) in [6.45, 7) is 1.96. The van der Waals surface area contributed by atoms with Gasteiger partial charge in [0, 0.05) is 35.3 Å². The van der Waals surface area contributed by atoms with E-state index in [1.807, 2.05) is 25.1 Å². The highest BCUT2D eigenvalue weighted by Gasteiger charge is 2.17. The lowest BCUT2D eigenvalue weighted by Gasteiger charge is -2.06. The van der Waals surface area contributed by atoms with Gasteiger partial charge in [0.15, 0.2) is 5.82 Å². The second-order valence-electron chi connectivity index (χ2n) is 8.63. The molecule has 6 aromatic rings. The van der Waals surface area contributed by atoms with Crippen molar-refractivity contribution in [3.05, 3.63) is 73.2 Å². The first-order chi connectivity index (χ1) is 18.1. The number of H-pyrrole nitrogens is 2. The van der Waals surface area contributed by atoms with E-state index in [0.29, 0.717) is 45.9 Å². The number of hydrogen-bond donors (Lipinski definition) is 3. The van der Waals surface area contributed by atoms with Crippen molar-refractivity contribution in [1.82, 2.24) is 35.1 Å². The number of halogens is 1. The van der Waals surface area contributed by atoms with E-state index in [-0.39, 0.29) is 11.7 Å². The van der Waals surface area contributed by atoms with Gasteiger partial charge in [-0.15, -0.1) is 0 Å².